The van der Waals surface area contributed by atoms with Crippen LogP contribution in [0.15, 0.2) is 67.0 Å². The predicted octanol–water partition coefficient (Wildman–Crippen LogP) is 4.21. The largest absolute Gasteiger partial charge is 0.341 e. The van der Waals surface area contributed by atoms with Crippen LogP contribution in [0.2, 0.25) is 0 Å². The van der Waals surface area contributed by atoms with Gasteiger partial charge in [-0.2, -0.15) is 5.10 Å². The summed E-state index contributed by atoms with van der Waals surface area (Å²) in [4.78, 5) is 17.5. The SMILES string of the molecule is Cc1ccccc1CCN1CCC[C@@H](CN(C)C(=O)c2cccc(-n3cccn3)c2)C1. The maximum Gasteiger partial charge on any atom is 0.253 e. The molecule has 31 heavy (non-hydrogen) atoms. The average molecular weight is 417 g/mol. The second-order valence-corrected chi connectivity index (χ2v) is 8.67. The zero-order chi connectivity index (χ0) is 21.6. The number of likely N-dealkylation sites (tertiary alicyclic amines) is 1. The monoisotopic (exact) mass is 416 g/mol. The molecule has 4 rings (SSSR count). The van der Waals surface area contributed by atoms with Crippen molar-refractivity contribution in [3.63, 3.8) is 0 Å². The van der Waals surface area contributed by atoms with Crippen LogP contribution in [0.1, 0.15) is 34.3 Å². The maximum absolute atomic E-state index is 13.1. The minimum Gasteiger partial charge on any atom is -0.341 e. The zero-order valence-electron chi connectivity index (χ0n) is 18.6. The van der Waals surface area contributed by atoms with Crippen molar-refractivity contribution >= 4 is 5.91 Å². The lowest BCUT2D eigenvalue weighted by atomic mass is 9.96. The summed E-state index contributed by atoms with van der Waals surface area (Å²) in [5, 5.41) is 4.26. The topological polar surface area (TPSA) is 41.4 Å². The number of aryl methyl sites for hydroxylation is 1. The first-order valence-corrected chi connectivity index (χ1v) is 11.2. The van der Waals surface area contributed by atoms with Gasteiger partial charge in [0.2, 0.25) is 0 Å². The molecule has 1 aliphatic rings. The highest BCUT2D eigenvalue weighted by molar-refractivity contribution is 5.94. The van der Waals surface area contributed by atoms with Gasteiger partial charge < -0.3 is 9.80 Å². The van der Waals surface area contributed by atoms with E-state index in [9.17, 15) is 4.79 Å². The number of carbonyl (C=O) groups is 1. The van der Waals surface area contributed by atoms with Crippen LogP contribution in [0.25, 0.3) is 5.69 Å². The number of carbonyl (C=O) groups excluding carboxylic acids is 1. The molecule has 3 aromatic rings. The fraction of sp³-hybridized carbons (Fsp3) is 0.385. The van der Waals surface area contributed by atoms with Crippen molar-refractivity contribution in [2.75, 3.05) is 33.2 Å². The molecule has 1 saturated heterocycles. The Labute approximate surface area is 185 Å². The van der Waals surface area contributed by atoms with Crippen LogP contribution in [0.3, 0.4) is 0 Å². The average Bonchev–Trinajstić information content (AvgIpc) is 3.33. The van der Waals surface area contributed by atoms with Crippen molar-refractivity contribution in [1.29, 1.82) is 0 Å². The fourth-order valence-corrected chi connectivity index (χ4v) is 4.57. The maximum atomic E-state index is 13.1. The van der Waals surface area contributed by atoms with Gasteiger partial charge in [0.15, 0.2) is 0 Å². The number of nitrogens with zero attached hydrogens (tertiary/aromatic N) is 4. The van der Waals surface area contributed by atoms with E-state index in [2.05, 4.69) is 41.2 Å². The van der Waals surface area contributed by atoms with E-state index < -0.39 is 0 Å². The van der Waals surface area contributed by atoms with Crippen LogP contribution < -0.4 is 0 Å². The summed E-state index contributed by atoms with van der Waals surface area (Å²) in [7, 11) is 1.93. The lowest BCUT2D eigenvalue weighted by molar-refractivity contribution is 0.0730. The Morgan fingerprint density at radius 2 is 2.03 bits per heavy atom. The van der Waals surface area contributed by atoms with E-state index in [1.165, 1.54) is 24.0 Å². The third kappa shape index (κ3) is 5.42. The molecule has 5 heteroatoms. The summed E-state index contributed by atoms with van der Waals surface area (Å²) >= 11 is 0. The lowest BCUT2D eigenvalue weighted by Crippen LogP contribution is -2.42. The number of piperidine rings is 1. The van der Waals surface area contributed by atoms with Gasteiger partial charge in [0.1, 0.15) is 0 Å². The second kappa shape index (κ2) is 9.92. The minimum atomic E-state index is 0.0750. The molecule has 2 heterocycles. The number of aromatic nitrogens is 2. The third-order valence-corrected chi connectivity index (χ3v) is 6.30. The molecule has 1 aliphatic heterocycles. The molecule has 1 atom stereocenters. The highest BCUT2D eigenvalue weighted by Gasteiger charge is 2.23. The molecular weight excluding hydrogens is 384 g/mol. The Hall–Kier alpha value is -2.92. The van der Waals surface area contributed by atoms with Crippen molar-refractivity contribution in [2.24, 2.45) is 5.92 Å². The van der Waals surface area contributed by atoms with E-state index in [4.69, 9.17) is 0 Å². The minimum absolute atomic E-state index is 0.0750. The Morgan fingerprint density at radius 3 is 2.84 bits per heavy atom. The van der Waals surface area contributed by atoms with Crippen LogP contribution in [-0.2, 0) is 6.42 Å². The molecule has 5 nitrogen and oxygen atoms in total. The molecule has 0 spiro atoms. The van der Waals surface area contributed by atoms with E-state index >= 15 is 0 Å². The summed E-state index contributed by atoms with van der Waals surface area (Å²) in [6.45, 7) is 6.30. The van der Waals surface area contributed by atoms with Gasteiger partial charge in [-0.05, 0) is 74.0 Å². The lowest BCUT2D eigenvalue weighted by Gasteiger charge is -2.35. The smallest absolute Gasteiger partial charge is 0.253 e. The van der Waals surface area contributed by atoms with Crippen LogP contribution in [0.5, 0.6) is 0 Å². The molecule has 0 radical (unpaired) electrons. The molecule has 0 unspecified atom stereocenters. The quantitative estimate of drug-likeness (QED) is 0.579. The van der Waals surface area contributed by atoms with Crippen molar-refractivity contribution in [3.05, 3.63) is 83.7 Å². The summed E-state index contributed by atoms with van der Waals surface area (Å²) in [5.74, 6) is 0.597. The molecule has 0 bridgehead atoms. The van der Waals surface area contributed by atoms with Gasteiger partial charge in [0.05, 0.1) is 5.69 Å². The Balaban J connectivity index is 1.32. The Kier molecular flexibility index (Phi) is 6.82. The molecule has 2 aromatic carbocycles. The van der Waals surface area contributed by atoms with E-state index in [-0.39, 0.29) is 5.91 Å². The number of hydrogen-bond donors (Lipinski definition) is 0. The first-order valence-electron chi connectivity index (χ1n) is 11.2. The predicted molar refractivity (Wildman–Crippen MR) is 125 cm³/mol. The first kappa shape index (κ1) is 21.3. The summed E-state index contributed by atoms with van der Waals surface area (Å²) in [6.07, 6.45) is 7.12. The number of amides is 1. The summed E-state index contributed by atoms with van der Waals surface area (Å²) in [6, 6.07) is 18.2. The van der Waals surface area contributed by atoms with Gasteiger partial charge in [0, 0.05) is 44.6 Å². The van der Waals surface area contributed by atoms with Gasteiger partial charge in [-0.3, -0.25) is 4.79 Å². The van der Waals surface area contributed by atoms with Gasteiger partial charge >= 0.3 is 0 Å². The Bertz CT molecular complexity index is 998. The van der Waals surface area contributed by atoms with Gasteiger partial charge in [-0.25, -0.2) is 4.68 Å². The fourth-order valence-electron chi connectivity index (χ4n) is 4.57. The van der Waals surface area contributed by atoms with Gasteiger partial charge in [-0.1, -0.05) is 30.3 Å². The second-order valence-electron chi connectivity index (χ2n) is 8.67. The first-order chi connectivity index (χ1) is 15.1. The van der Waals surface area contributed by atoms with Gasteiger partial charge in [0.25, 0.3) is 5.91 Å². The highest BCUT2D eigenvalue weighted by Crippen LogP contribution is 2.20. The summed E-state index contributed by atoms with van der Waals surface area (Å²) < 4.78 is 1.78. The Morgan fingerprint density at radius 1 is 1.16 bits per heavy atom. The molecule has 0 saturated carbocycles. The molecular formula is C26H32N4O. The third-order valence-electron chi connectivity index (χ3n) is 6.30. The number of rotatable bonds is 7. The molecule has 0 N–H and O–H groups in total. The van der Waals surface area contributed by atoms with E-state index in [1.54, 1.807) is 10.9 Å². The molecule has 1 amide bonds. The zero-order valence-corrected chi connectivity index (χ0v) is 18.6. The van der Waals surface area contributed by atoms with Crippen LogP contribution in [0, 0.1) is 12.8 Å². The van der Waals surface area contributed by atoms with E-state index in [0.717, 1.165) is 38.3 Å². The van der Waals surface area contributed by atoms with Crippen LogP contribution in [-0.4, -0.2) is 58.7 Å². The van der Waals surface area contributed by atoms with Crippen LogP contribution in [0.4, 0.5) is 0 Å². The molecule has 1 aromatic heterocycles. The summed E-state index contributed by atoms with van der Waals surface area (Å²) in [5.41, 5.74) is 4.43. The van der Waals surface area contributed by atoms with Crippen LogP contribution >= 0.6 is 0 Å². The van der Waals surface area contributed by atoms with Crippen molar-refractivity contribution in [2.45, 2.75) is 26.2 Å². The van der Waals surface area contributed by atoms with E-state index in [0.29, 0.717) is 11.5 Å². The van der Waals surface area contributed by atoms with Crippen molar-refractivity contribution < 1.29 is 4.79 Å². The van der Waals surface area contributed by atoms with Crippen molar-refractivity contribution in [1.82, 2.24) is 19.6 Å². The van der Waals surface area contributed by atoms with E-state index in [1.807, 2.05) is 48.5 Å². The normalized spacial score (nSPS) is 16.9. The molecule has 1 fully saturated rings. The molecule has 0 aliphatic carbocycles. The highest BCUT2D eigenvalue weighted by atomic mass is 16.2. The number of hydrogen-bond acceptors (Lipinski definition) is 3. The van der Waals surface area contributed by atoms with Gasteiger partial charge in [-0.15, -0.1) is 0 Å². The standard InChI is InChI=1S/C26H32N4O/c1-21-8-3-4-10-23(21)13-17-29-15-6-9-22(20-29)19-28(2)26(31)24-11-5-12-25(18-24)30-16-7-14-27-30/h3-5,7-8,10-12,14,16,18,22H,6,9,13,15,17,19-20H2,1-2H3/t22-/m0/s1. The number of benzene rings is 2. The van der Waals surface area contributed by atoms with Crippen molar-refractivity contribution in [3.8, 4) is 5.69 Å². The molecule has 162 valence electrons.